The average Bonchev–Trinajstić information content (AvgIpc) is 4.13. The molecule has 15 aromatic rings. The molecule has 0 unspecified atom stereocenters. The summed E-state index contributed by atoms with van der Waals surface area (Å²) in [5.41, 5.74) is 15.6. The van der Waals surface area contributed by atoms with Crippen molar-refractivity contribution in [3.05, 3.63) is 181 Å². The smallest absolute Gasteiger partial charge is 0.146 e. The Labute approximate surface area is 386 Å². The highest BCUT2D eigenvalue weighted by Crippen LogP contribution is 2.51. The van der Waals surface area contributed by atoms with E-state index in [4.69, 9.17) is 4.98 Å². The first kappa shape index (κ1) is 37.3. The SMILES string of the molecule is CC(C)(C)c1cc(-c2ccc3c(c2)c2ccccc2n3-c2ccccc2)c2c(c1)c1cc(C(C)(C)C)cc3c4c5c6c7ccccc7cc7c8ccc9ccccc9c8n(c5cnc4n2c13)c76. The molecule has 0 N–H and O–H groups in total. The third-order valence-corrected chi connectivity index (χ3v) is 15.4. The number of fused-ring (bicyclic) bond motifs is 20. The van der Waals surface area contributed by atoms with E-state index in [1.54, 1.807) is 0 Å². The molecule has 4 nitrogen and oxygen atoms in total. The zero-order valence-electron chi connectivity index (χ0n) is 38.5. The zero-order chi connectivity index (χ0) is 44.8. The van der Waals surface area contributed by atoms with Crippen LogP contribution in [-0.2, 0) is 10.8 Å². The maximum absolute atomic E-state index is 5.67. The molecule has 0 amide bonds. The van der Waals surface area contributed by atoms with Crippen molar-refractivity contribution in [3.63, 3.8) is 0 Å². The van der Waals surface area contributed by atoms with Crippen LogP contribution in [0.25, 0.3) is 136 Å². The quantitative estimate of drug-likeness (QED) is 0.170. The fourth-order valence-electron chi connectivity index (χ4n) is 12.2. The summed E-state index contributed by atoms with van der Waals surface area (Å²) in [7, 11) is 0. The number of para-hydroxylation sites is 2. The number of hydrogen-bond acceptors (Lipinski definition) is 1. The highest BCUT2D eigenvalue weighted by atomic mass is 15.0. The molecule has 0 aliphatic carbocycles. The van der Waals surface area contributed by atoms with Gasteiger partial charge in [-0.3, -0.25) is 4.40 Å². The first-order valence-electron chi connectivity index (χ1n) is 23.7. The monoisotopic (exact) mass is 858 g/mol. The molecule has 0 fully saturated rings. The maximum Gasteiger partial charge on any atom is 0.146 e. The molecule has 0 saturated carbocycles. The van der Waals surface area contributed by atoms with Crippen molar-refractivity contribution < 1.29 is 0 Å². The van der Waals surface area contributed by atoms with Crippen molar-refractivity contribution in [1.29, 1.82) is 0 Å². The summed E-state index contributed by atoms with van der Waals surface area (Å²) in [6.07, 6.45) is 2.19. The molecule has 0 atom stereocenters. The van der Waals surface area contributed by atoms with Crippen LogP contribution < -0.4 is 0 Å². The number of hydrogen-bond donors (Lipinski definition) is 0. The minimum Gasteiger partial charge on any atom is -0.309 e. The molecule has 0 aliphatic heterocycles. The Morgan fingerprint density at radius 1 is 0.373 bits per heavy atom. The van der Waals surface area contributed by atoms with E-state index in [-0.39, 0.29) is 10.8 Å². The van der Waals surface area contributed by atoms with Crippen LogP contribution in [0.4, 0.5) is 0 Å². The van der Waals surface area contributed by atoms with Gasteiger partial charge in [-0.05, 0) is 104 Å². The fraction of sp³-hybridized carbons (Fsp3) is 0.127. The van der Waals surface area contributed by atoms with Gasteiger partial charge in [-0.25, -0.2) is 4.98 Å². The van der Waals surface area contributed by atoms with E-state index in [0.29, 0.717) is 0 Å². The van der Waals surface area contributed by atoms with Crippen LogP contribution in [0.2, 0.25) is 0 Å². The van der Waals surface area contributed by atoms with E-state index in [9.17, 15) is 0 Å². The molecule has 6 aromatic heterocycles. The van der Waals surface area contributed by atoms with Gasteiger partial charge in [0, 0.05) is 70.5 Å². The van der Waals surface area contributed by atoms with Crippen LogP contribution >= 0.6 is 0 Å². The minimum atomic E-state index is -0.0944. The van der Waals surface area contributed by atoms with Gasteiger partial charge in [0.2, 0.25) is 0 Å². The van der Waals surface area contributed by atoms with E-state index in [1.165, 1.54) is 136 Å². The van der Waals surface area contributed by atoms with E-state index in [2.05, 4.69) is 225 Å². The second-order valence-corrected chi connectivity index (χ2v) is 21.2. The Kier molecular flexibility index (Phi) is 6.94. The average molecular weight is 859 g/mol. The topological polar surface area (TPSA) is 26.6 Å². The summed E-state index contributed by atoms with van der Waals surface area (Å²) in [6.45, 7) is 14.1. The molecule has 0 saturated heterocycles. The lowest BCUT2D eigenvalue weighted by molar-refractivity contribution is 0.591. The largest absolute Gasteiger partial charge is 0.309 e. The van der Waals surface area contributed by atoms with Crippen molar-refractivity contribution in [2.24, 2.45) is 0 Å². The Balaban J connectivity index is 1.15. The van der Waals surface area contributed by atoms with Crippen molar-refractivity contribution >= 4 is 120 Å². The lowest BCUT2D eigenvalue weighted by Crippen LogP contribution is -2.11. The van der Waals surface area contributed by atoms with Crippen LogP contribution in [-0.4, -0.2) is 18.4 Å². The van der Waals surface area contributed by atoms with Gasteiger partial charge in [-0.15, -0.1) is 0 Å². The first-order chi connectivity index (χ1) is 32.5. The summed E-state index contributed by atoms with van der Waals surface area (Å²) < 4.78 is 7.51. The third kappa shape index (κ3) is 4.74. The molecule has 0 aliphatic rings. The van der Waals surface area contributed by atoms with Gasteiger partial charge in [-0.2, -0.15) is 0 Å². The molecule has 0 spiro atoms. The molecule has 67 heavy (non-hydrogen) atoms. The van der Waals surface area contributed by atoms with Crippen molar-refractivity contribution in [2.45, 2.75) is 52.4 Å². The van der Waals surface area contributed by atoms with Gasteiger partial charge in [0.15, 0.2) is 0 Å². The van der Waals surface area contributed by atoms with Crippen molar-refractivity contribution in [2.75, 3.05) is 0 Å². The van der Waals surface area contributed by atoms with Crippen LogP contribution in [0.15, 0.2) is 170 Å². The van der Waals surface area contributed by atoms with Crippen LogP contribution in [0.3, 0.4) is 0 Å². The summed E-state index contributed by atoms with van der Waals surface area (Å²) in [5, 5.41) is 17.8. The lowest BCUT2D eigenvalue weighted by atomic mass is 9.83. The molecular formula is C63H46N4. The van der Waals surface area contributed by atoms with E-state index in [1.807, 2.05) is 0 Å². The lowest BCUT2D eigenvalue weighted by Gasteiger charge is -2.22. The Morgan fingerprint density at radius 2 is 1.00 bits per heavy atom. The first-order valence-corrected chi connectivity index (χ1v) is 23.7. The van der Waals surface area contributed by atoms with Gasteiger partial charge in [0.1, 0.15) is 5.65 Å². The van der Waals surface area contributed by atoms with Crippen LogP contribution in [0, 0.1) is 0 Å². The second-order valence-electron chi connectivity index (χ2n) is 21.2. The molecular weight excluding hydrogens is 813 g/mol. The predicted octanol–water partition coefficient (Wildman–Crippen LogP) is 17.0. The number of benzene rings is 9. The number of nitrogens with zero attached hydrogens (tertiary/aromatic N) is 4. The van der Waals surface area contributed by atoms with Gasteiger partial charge >= 0.3 is 0 Å². The van der Waals surface area contributed by atoms with E-state index in [0.717, 1.165) is 11.2 Å². The van der Waals surface area contributed by atoms with E-state index >= 15 is 0 Å². The fourth-order valence-corrected chi connectivity index (χ4v) is 12.2. The van der Waals surface area contributed by atoms with Crippen LogP contribution in [0.5, 0.6) is 0 Å². The highest BCUT2D eigenvalue weighted by Gasteiger charge is 2.30. The second kappa shape index (κ2) is 12.5. The highest BCUT2D eigenvalue weighted by molar-refractivity contribution is 6.40. The molecule has 0 bridgehead atoms. The molecule has 9 aromatic carbocycles. The van der Waals surface area contributed by atoms with Crippen LogP contribution in [0.1, 0.15) is 52.7 Å². The van der Waals surface area contributed by atoms with Gasteiger partial charge in [0.05, 0.1) is 44.8 Å². The van der Waals surface area contributed by atoms with Gasteiger partial charge in [-0.1, -0.05) is 145 Å². The Bertz CT molecular complexity index is 4620. The summed E-state index contributed by atoms with van der Waals surface area (Å²) in [6, 6.07) is 61.6. The van der Waals surface area contributed by atoms with Gasteiger partial charge < -0.3 is 8.97 Å². The maximum atomic E-state index is 5.67. The molecule has 4 heteroatoms. The Hall–Kier alpha value is -7.95. The molecule has 318 valence electrons. The Morgan fingerprint density at radius 3 is 1.79 bits per heavy atom. The predicted molar refractivity (Wildman–Crippen MR) is 286 cm³/mol. The van der Waals surface area contributed by atoms with Gasteiger partial charge in [0.25, 0.3) is 0 Å². The summed E-state index contributed by atoms with van der Waals surface area (Å²) >= 11 is 0. The number of pyridine rings is 1. The minimum absolute atomic E-state index is 0.0868. The molecule has 15 rings (SSSR count). The normalized spacial score (nSPS) is 13.2. The molecule has 6 heterocycles. The number of rotatable bonds is 2. The van der Waals surface area contributed by atoms with Crippen molar-refractivity contribution in [1.82, 2.24) is 18.4 Å². The standard InChI is InChI=1S/C63H46N4/c1-62(2,3)38-30-45(37-25-27-52-46(28-37)43-22-14-15-23-51(43)65(52)40-18-8-7-9-19-40)58-48(31-38)49-32-39(63(4,5)6)33-50-55-56-53(34-64-61(55)67(58)59(49)50)66-57-42-21-13-10-16-35(42)24-26-44(57)47-29-36-17-11-12-20-41(36)54(56)60(47)66/h7-34H,1-6H3. The summed E-state index contributed by atoms with van der Waals surface area (Å²) in [4.78, 5) is 5.67. The van der Waals surface area contributed by atoms with Crippen molar-refractivity contribution in [3.8, 4) is 16.8 Å². The zero-order valence-corrected chi connectivity index (χ0v) is 38.5. The summed E-state index contributed by atoms with van der Waals surface area (Å²) in [5.74, 6) is 0. The molecule has 0 radical (unpaired) electrons. The third-order valence-electron chi connectivity index (χ3n) is 15.4. The van der Waals surface area contributed by atoms with E-state index < -0.39 is 0 Å². The number of aromatic nitrogens is 4.